The van der Waals surface area contributed by atoms with Gasteiger partial charge in [0.15, 0.2) is 11.5 Å². The van der Waals surface area contributed by atoms with Crippen LogP contribution < -0.4 is 10.1 Å². The van der Waals surface area contributed by atoms with Crippen LogP contribution in [0.1, 0.15) is 39.9 Å². The summed E-state index contributed by atoms with van der Waals surface area (Å²) in [4.78, 5) is 12.2. The first-order valence-corrected chi connectivity index (χ1v) is 8.65. The number of esters is 1. The van der Waals surface area contributed by atoms with Crippen molar-refractivity contribution in [3.05, 3.63) is 65.2 Å². The van der Waals surface area contributed by atoms with Crippen LogP contribution in [0.15, 0.2) is 48.6 Å². The molecule has 3 unspecified atom stereocenters. The van der Waals surface area contributed by atoms with Crippen LogP contribution in [0.3, 0.4) is 0 Å². The molecule has 4 rings (SSSR count). The Morgan fingerprint density at radius 1 is 1.23 bits per heavy atom. The lowest BCUT2D eigenvalue weighted by Crippen LogP contribution is -2.30. The standard InChI is InChI=1S/C21H21NO4/c1-25-18-10-9-12(11-17(18)23)19-14-6-3-5-13(14)15-7-4-8-16(20(15)22-19)21(24)26-2/h3-5,7-11,13-14,19,22-23H,6H2,1-2H3. The summed E-state index contributed by atoms with van der Waals surface area (Å²) in [5, 5.41) is 13.7. The van der Waals surface area contributed by atoms with Gasteiger partial charge >= 0.3 is 5.97 Å². The lowest BCUT2D eigenvalue weighted by molar-refractivity contribution is 0.0601. The number of phenolic OH excluding ortho intramolecular Hbond substituents is 1. The van der Waals surface area contributed by atoms with Gasteiger partial charge in [0.2, 0.25) is 0 Å². The van der Waals surface area contributed by atoms with E-state index in [0.29, 0.717) is 17.2 Å². The van der Waals surface area contributed by atoms with E-state index in [1.165, 1.54) is 14.2 Å². The van der Waals surface area contributed by atoms with Gasteiger partial charge in [-0.05, 0) is 41.7 Å². The first-order valence-electron chi connectivity index (χ1n) is 8.65. The molecule has 2 N–H and O–H groups in total. The van der Waals surface area contributed by atoms with E-state index in [2.05, 4.69) is 23.5 Å². The van der Waals surface area contributed by atoms with E-state index in [0.717, 1.165) is 23.2 Å². The van der Waals surface area contributed by atoms with Gasteiger partial charge in [-0.3, -0.25) is 0 Å². The molecule has 5 heteroatoms. The fourth-order valence-corrected chi connectivity index (χ4v) is 4.13. The summed E-state index contributed by atoms with van der Waals surface area (Å²) >= 11 is 0. The molecule has 0 aromatic heterocycles. The van der Waals surface area contributed by atoms with Crippen molar-refractivity contribution in [3.8, 4) is 11.5 Å². The number of para-hydroxylation sites is 1. The molecule has 1 aliphatic carbocycles. The number of fused-ring (bicyclic) bond motifs is 3. The summed E-state index contributed by atoms with van der Waals surface area (Å²) in [7, 11) is 2.92. The third-order valence-electron chi connectivity index (χ3n) is 5.36. The zero-order valence-electron chi connectivity index (χ0n) is 14.7. The number of allylic oxidation sites excluding steroid dienone is 2. The van der Waals surface area contributed by atoms with E-state index < -0.39 is 0 Å². The number of carbonyl (C=O) groups excluding carboxylic acids is 1. The molecule has 2 aromatic carbocycles. The quantitative estimate of drug-likeness (QED) is 0.646. The van der Waals surface area contributed by atoms with Crippen LogP contribution in [0.5, 0.6) is 11.5 Å². The molecule has 3 atom stereocenters. The average Bonchev–Trinajstić information content (AvgIpc) is 3.16. The van der Waals surface area contributed by atoms with Gasteiger partial charge in [0.05, 0.1) is 31.5 Å². The molecule has 0 fully saturated rings. The number of methoxy groups -OCH3 is 2. The van der Waals surface area contributed by atoms with Crippen LogP contribution in [0.2, 0.25) is 0 Å². The maximum Gasteiger partial charge on any atom is 0.339 e. The Labute approximate surface area is 152 Å². The Bertz CT molecular complexity index is 890. The highest BCUT2D eigenvalue weighted by molar-refractivity contribution is 5.97. The Hall–Kier alpha value is -2.95. The second-order valence-electron chi connectivity index (χ2n) is 6.67. The van der Waals surface area contributed by atoms with Crippen LogP contribution in [-0.4, -0.2) is 25.3 Å². The molecular formula is C21H21NO4. The van der Waals surface area contributed by atoms with Gasteiger partial charge in [-0.1, -0.05) is 30.4 Å². The number of hydrogen-bond acceptors (Lipinski definition) is 5. The smallest absolute Gasteiger partial charge is 0.339 e. The van der Waals surface area contributed by atoms with Gasteiger partial charge in [0, 0.05) is 5.92 Å². The molecule has 0 saturated carbocycles. The average molecular weight is 351 g/mol. The predicted octanol–water partition coefficient (Wildman–Crippen LogP) is 4.01. The maximum absolute atomic E-state index is 12.2. The fourth-order valence-electron chi connectivity index (χ4n) is 4.13. The first-order chi connectivity index (χ1) is 12.6. The largest absolute Gasteiger partial charge is 0.504 e. The molecule has 0 amide bonds. The van der Waals surface area contributed by atoms with E-state index in [1.807, 2.05) is 12.1 Å². The van der Waals surface area contributed by atoms with Crippen LogP contribution in [-0.2, 0) is 4.74 Å². The van der Waals surface area contributed by atoms with E-state index in [9.17, 15) is 9.90 Å². The minimum Gasteiger partial charge on any atom is -0.504 e. The van der Waals surface area contributed by atoms with Gasteiger partial charge in [-0.2, -0.15) is 0 Å². The Balaban J connectivity index is 1.80. The van der Waals surface area contributed by atoms with Gasteiger partial charge in [-0.25, -0.2) is 4.79 Å². The van der Waals surface area contributed by atoms with Crippen molar-refractivity contribution in [1.29, 1.82) is 0 Å². The van der Waals surface area contributed by atoms with Crippen LogP contribution in [0.25, 0.3) is 0 Å². The zero-order chi connectivity index (χ0) is 18.3. The van der Waals surface area contributed by atoms with Crippen LogP contribution >= 0.6 is 0 Å². The van der Waals surface area contributed by atoms with Crippen molar-refractivity contribution in [1.82, 2.24) is 0 Å². The SMILES string of the molecule is COC(=O)c1cccc2c1NC(c1ccc(OC)c(O)c1)C1CC=CC21. The minimum atomic E-state index is -0.355. The number of nitrogens with one attached hydrogen (secondary N) is 1. The maximum atomic E-state index is 12.2. The van der Waals surface area contributed by atoms with Gasteiger partial charge < -0.3 is 19.9 Å². The molecule has 5 nitrogen and oxygen atoms in total. The van der Waals surface area contributed by atoms with Crippen LogP contribution in [0, 0.1) is 5.92 Å². The lowest BCUT2D eigenvalue weighted by atomic mass is 9.76. The molecule has 0 saturated heterocycles. The van der Waals surface area contributed by atoms with Crippen molar-refractivity contribution < 1.29 is 19.4 Å². The number of ether oxygens (including phenoxy) is 2. The van der Waals surface area contributed by atoms with Crippen molar-refractivity contribution in [3.63, 3.8) is 0 Å². The highest BCUT2D eigenvalue weighted by atomic mass is 16.5. The summed E-state index contributed by atoms with van der Waals surface area (Å²) in [5.74, 6) is 0.752. The number of anilines is 1. The molecule has 1 heterocycles. The molecule has 26 heavy (non-hydrogen) atoms. The van der Waals surface area contributed by atoms with Crippen molar-refractivity contribution in [2.45, 2.75) is 18.4 Å². The van der Waals surface area contributed by atoms with E-state index in [1.54, 1.807) is 18.2 Å². The Kier molecular flexibility index (Phi) is 4.07. The molecule has 2 aliphatic rings. The number of carbonyl (C=O) groups is 1. The van der Waals surface area contributed by atoms with E-state index >= 15 is 0 Å². The minimum absolute atomic E-state index is 0.0230. The molecule has 2 aromatic rings. The highest BCUT2D eigenvalue weighted by Gasteiger charge is 2.39. The molecular weight excluding hydrogens is 330 g/mol. The Morgan fingerprint density at radius 3 is 2.81 bits per heavy atom. The fraction of sp³-hybridized carbons (Fsp3) is 0.286. The van der Waals surface area contributed by atoms with Gasteiger partial charge in [0.25, 0.3) is 0 Å². The summed E-state index contributed by atoms with van der Waals surface area (Å²) < 4.78 is 10.1. The predicted molar refractivity (Wildman–Crippen MR) is 98.8 cm³/mol. The zero-order valence-corrected chi connectivity index (χ0v) is 14.7. The Morgan fingerprint density at radius 2 is 2.08 bits per heavy atom. The highest BCUT2D eigenvalue weighted by Crippen LogP contribution is 2.51. The van der Waals surface area contributed by atoms with Crippen molar-refractivity contribution in [2.24, 2.45) is 5.92 Å². The summed E-state index contributed by atoms with van der Waals surface area (Å²) in [6.07, 6.45) is 5.34. The van der Waals surface area contributed by atoms with Gasteiger partial charge in [-0.15, -0.1) is 0 Å². The second kappa shape index (κ2) is 6.41. The molecule has 1 aliphatic heterocycles. The topological polar surface area (TPSA) is 67.8 Å². The van der Waals surface area contributed by atoms with Gasteiger partial charge in [0.1, 0.15) is 0 Å². The summed E-state index contributed by atoms with van der Waals surface area (Å²) in [5.41, 5.74) is 3.42. The number of hydrogen-bond donors (Lipinski definition) is 2. The molecule has 134 valence electrons. The summed E-state index contributed by atoms with van der Waals surface area (Å²) in [6, 6.07) is 11.2. The normalized spacial score (nSPS) is 22.9. The van der Waals surface area contributed by atoms with Crippen LogP contribution in [0.4, 0.5) is 5.69 Å². The molecule has 0 spiro atoms. The number of benzene rings is 2. The molecule has 0 bridgehead atoms. The number of phenols is 1. The van der Waals surface area contributed by atoms with Crippen molar-refractivity contribution in [2.75, 3.05) is 19.5 Å². The monoisotopic (exact) mass is 351 g/mol. The summed E-state index contributed by atoms with van der Waals surface area (Å²) in [6.45, 7) is 0. The second-order valence-corrected chi connectivity index (χ2v) is 6.67. The third-order valence-corrected chi connectivity index (χ3v) is 5.36. The lowest BCUT2D eigenvalue weighted by Gasteiger charge is -2.38. The third kappa shape index (κ3) is 2.51. The van der Waals surface area contributed by atoms with E-state index in [4.69, 9.17) is 9.47 Å². The first kappa shape index (κ1) is 16.5. The number of rotatable bonds is 3. The van der Waals surface area contributed by atoms with E-state index in [-0.39, 0.29) is 23.7 Å². The number of aromatic hydroxyl groups is 1. The van der Waals surface area contributed by atoms with Crippen molar-refractivity contribution >= 4 is 11.7 Å². The molecule has 0 radical (unpaired) electrons.